The lowest BCUT2D eigenvalue weighted by atomic mass is 10.0. The Kier molecular flexibility index (Phi) is 8.13. The fraction of sp³-hybridized carbons (Fsp3) is 0.375. The van der Waals surface area contributed by atoms with Gasteiger partial charge in [0.1, 0.15) is 5.82 Å². The van der Waals surface area contributed by atoms with E-state index in [0.717, 1.165) is 73.8 Å². The first-order chi connectivity index (χ1) is 20.7. The lowest BCUT2D eigenvalue weighted by molar-refractivity contribution is 0.0134. The second kappa shape index (κ2) is 12.0. The van der Waals surface area contributed by atoms with Crippen molar-refractivity contribution in [2.75, 3.05) is 50.5 Å². The molecule has 43 heavy (non-hydrogen) atoms. The molecule has 0 saturated carbocycles. The molecule has 2 aliphatic rings. The van der Waals surface area contributed by atoms with E-state index in [1.165, 1.54) is 6.07 Å². The maximum atomic E-state index is 12.8. The zero-order valence-electron chi connectivity index (χ0n) is 24.7. The molecule has 1 amide bonds. The fourth-order valence-electron chi connectivity index (χ4n) is 5.97. The van der Waals surface area contributed by atoms with Gasteiger partial charge < -0.3 is 15.0 Å². The first-order valence-electron chi connectivity index (χ1n) is 14.5. The van der Waals surface area contributed by atoms with Crippen molar-refractivity contribution in [1.29, 1.82) is 0 Å². The monoisotopic (exact) mass is 600 g/mol. The Hall–Kier alpha value is -3.93. The zero-order valence-corrected chi connectivity index (χ0v) is 25.5. The number of morpholine rings is 1. The molecule has 0 aliphatic carbocycles. The topological polar surface area (TPSA) is 118 Å². The lowest BCUT2D eigenvalue weighted by Gasteiger charge is -2.34. The van der Waals surface area contributed by atoms with Crippen LogP contribution in [0, 0.1) is 12.8 Å². The Bertz CT molecular complexity index is 1770. The number of hydrogen-bond acceptors (Lipinski definition) is 9. The fourth-order valence-corrected chi connectivity index (χ4v) is 6.97. The van der Waals surface area contributed by atoms with E-state index in [2.05, 4.69) is 33.1 Å². The number of fused-ring (bicyclic) bond motifs is 1. The van der Waals surface area contributed by atoms with Gasteiger partial charge in [-0.05, 0) is 60.9 Å². The third-order valence-electron chi connectivity index (χ3n) is 8.32. The van der Waals surface area contributed by atoms with E-state index >= 15 is 0 Å². The van der Waals surface area contributed by atoms with Gasteiger partial charge in [-0.25, -0.2) is 18.4 Å². The van der Waals surface area contributed by atoms with Crippen molar-refractivity contribution in [3.05, 3.63) is 77.6 Å². The van der Waals surface area contributed by atoms with Crippen molar-refractivity contribution in [3.8, 4) is 11.4 Å². The quantitative estimate of drug-likeness (QED) is 0.340. The maximum absolute atomic E-state index is 12.8. The van der Waals surface area contributed by atoms with E-state index in [1.54, 1.807) is 25.3 Å². The summed E-state index contributed by atoms with van der Waals surface area (Å²) in [5.74, 6) is 1.12. The van der Waals surface area contributed by atoms with Crippen molar-refractivity contribution >= 4 is 32.5 Å². The van der Waals surface area contributed by atoms with Gasteiger partial charge in [0.05, 0.1) is 47.3 Å². The number of carbonyl (C=O) groups is 1. The zero-order chi connectivity index (χ0) is 30.1. The molecule has 2 unspecified atom stereocenters. The minimum absolute atomic E-state index is 0.148. The Morgan fingerprint density at radius 2 is 1.81 bits per heavy atom. The van der Waals surface area contributed by atoms with Gasteiger partial charge in [0.2, 0.25) is 0 Å². The number of ether oxygens (including phenoxy) is 1. The van der Waals surface area contributed by atoms with Gasteiger partial charge >= 0.3 is 0 Å². The molecule has 0 bridgehead atoms. The summed E-state index contributed by atoms with van der Waals surface area (Å²) in [6, 6.07) is 17.0. The normalized spacial score (nSPS) is 19.6. The maximum Gasteiger partial charge on any atom is 0.251 e. The van der Waals surface area contributed by atoms with Crippen LogP contribution in [0.4, 0.5) is 5.82 Å². The van der Waals surface area contributed by atoms with Gasteiger partial charge in [-0.2, -0.15) is 0 Å². The van der Waals surface area contributed by atoms with Crippen LogP contribution in [0.5, 0.6) is 0 Å². The molecule has 1 aromatic carbocycles. The van der Waals surface area contributed by atoms with Crippen molar-refractivity contribution < 1.29 is 17.9 Å². The van der Waals surface area contributed by atoms with Gasteiger partial charge in [0.15, 0.2) is 9.84 Å². The highest BCUT2D eigenvalue weighted by atomic mass is 32.2. The van der Waals surface area contributed by atoms with Gasteiger partial charge in [0.25, 0.3) is 5.91 Å². The number of nitrogens with zero attached hydrogens (tertiary/aromatic N) is 5. The van der Waals surface area contributed by atoms with Crippen LogP contribution in [0.2, 0.25) is 0 Å². The number of anilines is 1. The Labute approximate surface area is 252 Å². The number of benzene rings is 1. The minimum Gasteiger partial charge on any atom is -0.379 e. The Morgan fingerprint density at radius 1 is 1.02 bits per heavy atom. The number of aryl methyl sites for hydroxylation is 1. The SMILES string of the molecule is Cc1ccc(C(=O)NCc2cc3nc(-c4cccc(N5CC(C)C(N6CCOCC6)C5)n4)ccc3cn2)cc1S(C)(=O)=O. The minimum atomic E-state index is -3.44. The van der Waals surface area contributed by atoms with E-state index in [9.17, 15) is 13.2 Å². The smallest absolute Gasteiger partial charge is 0.251 e. The molecule has 4 aromatic rings. The molecular weight excluding hydrogens is 564 g/mol. The second-order valence-corrected chi connectivity index (χ2v) is 13.5. The standard InChI is InChI=1S/C32H36N6O4S/c1-21-7-8-23(15-30(21)43(3,40)41)32(39)34-18-25-16-28-24(17-33-25)9-10-27(35-28)26-5-4-6-31(36-26)38-19-22(2)29(20-38)37-11-13-42-14-12-37/h4-10,15-17,22,29H,11-14,18-20H2,1-3H3,(H,34,39). The highest BCUT2D eigenvalue weighted by Crippen LogP contribution is 2.28. The van der Waals surface area contributed by atoms with Crippen LogP contribution >= 0.6 is 0 Å². The van der Waals surface area contributed by atoms with E-state index < -0.39 is 9.84 Å². The summed E-state index contributed by atoms with van der Waals surface area (Å²) in [4.78, 5) is 32.2. The van der Waals surface area contributed by atoms with Crippen LogP contribution in [0.1, 0.15) is 28.5 Å². The average Bonchev–Trinajstić information content (AvgIpc) is 3.41. The molecule has 0 spiro atoms. The molecule has 2 atom stereocenters. The van der Waals surface area contributed by atoms with Crippen molar-refractivity contribution in [1.82, 2.24) is 25.2 Å². The van der Waals surface area contributed by atoms with Crippen LogP contribution in [0.3, 0.4) is 0 Å². The summed E-state index contributed by atoms with van der Waals surface area (Å²) < 4.78 is 29.7. The van der Waals surface area contributed by atoms with Gasteiger partial charge in [0, 0.05) is 55.6 Å². The van der Waals surface area contributed by atoms with Crippen LogP contribution < -0.4 is 10.2 Å². The third-order valence-corrected chi connectivity index (χ3v) is 9.56. The molecule has 3 aromatic heterocycles. The summed E-state index contributed by atoms with van der Waals surface area (Å²) in [7, 11) is -3.44. The molecule has 2 saturated heterocycles. The molecule has 2 fully saturated rings. The van der Waals surface area contributed by atoms with Gasteiger partial charge in [-0.3, -0.25) is 14.7 Å². The van der Waals surface area contributed by atoms with E-state index in [-0.39, 0.29) is 22.9 Å². The molecule has 0 radical (unpaired) electrons. The first-order valence-corrected chi connectivity index (χ1v) is 16.4. The molecule has 1 N–H and O–H groups in total. The summed E-state index contributed by atoms with van der Waals surface area (Å²) >= 11 is 0. The number of hydrogen-bond donors (Lipinski definition) is 1. The number of rotatable bonds is 7. The Balaban J connectivity index is 1.17. The number of sulfone groups is 1. The van der Waals surface area contributed by atoms with Crippen LogP contribution in [-0.2, 0) is 21.1 Å². The van der Waals surface area contributed by atoms with E-state index in [4.69, 9.17) is 14.7 Å². The second-order valence-electron chi connectivity index (χ2n) is 11.5. The number of carbonyl (C=O) groups excluding carboxylic acids is 1. The first kappa shape index (κ1) is 29.2. The predicted molar refractivity (Wildman–Crippen MR) is 166 cm³/mol. The molecule has 224 valence electrons. The molecule has 2 aliphatic heterocycles. The number of pyridine rings is 3. The molecule has 5 heterocycles. The molecule has 6 rings (SSSR count). The predicted octanol–water partition coefficient (Wildman–Crippen LogP) is 3.49. The molecular formula is C32H36N6O4S. The Morgan fingerprint density at radius 3 is 2.60 bits per heavy atom. The summed E-state index contributed by atoms with van der Waals surface area (Å²) in [6.45, 7) is 9.66. The summed E-state index contributed by atoms with van der Waals surface area (Å²) in [6.07, 6.45) is 2.88. The van der Waals surface area contributed by atoms with Crippen molar-refractivity contribution in [2.24, 2.45) is 5.92 Å². The average molecular weight is 601 g/mol. The lowest BCUT2D eigenvalue weighted by Crippen LogP contribution is -2.46. The van der Waals surface area contributed by atoms with E-state index in [0.29, 0.717) is 23.2 Å². The largest absolute Gasteiger partial charge is 0.379 e. The highest BCUT2D eigenvalue weighted by Gasteiger charge is 2.35. The number of nitrogens with one attached hydrogen (secondary N) is 1. The summed E-state index contributed by atoms with van der Waals surface area (Å²) in [5, 5.41) is 3.72. The number of amides is 1. The summed E-state index contributed by atoms with van der Waals surface area (Å²) in [5.41, 5.74) is 3.84. The number of aromatic nitrogens is 3. The van der Waals surface area contributed by atoms with Crippen molar-refractivity contribution in [2.45, 2.75) is 31.3 Å². The van der Waals surface area contributed by atoms with Crippen LogP contribution in [0.25, 0.3) is 22.3 Å². The molecule has 11 heteroatoms. The van der Waals surface area contributed by atoms with Crippen LogP contribution in [-0.4, -0.2) is 85.9 Å². The molecule has 10 nitrogen and oxygen atoms in total. The third kappa shape index (κ3) is 6.39. The van der Waals surface area contributed by atoms with Crippen molar-refractivity contribution in [3.63, 3.8) is 0 Å². The highest BCUT2D eigenvalue weighted by molar-refractivity contribution is 7.90. The van der Waals surface area contributed by atoms with E-state index in [1.807, 2.05) is 30.3 Å². The van der Waals surface area contributed by atoms with Gasteiger partial charge in [-0.1, -0.05) is 19.1 Å². The van der Waals surface area contributed by atoms with Crippen LogP contribution in [0.15, 0.2) is 65.7 Å². The van der Waals surface area contributed by atoms with Gasteiger partial charge in [-0.15, -0.1) is 0 Å².